The lowest BCUT2D eigenvalue weighted by atomic mass is 9.84. The van der Waals surface area contributed by atoms with Crippen LogP contribution < -0.4 is 0 Å². The smallest absolute Gasteiger partial charge is 0.323 e. The summed E-state index contributed by atoms with van der Waals surface area (Å²) in [6, 6.07) is 0. The first kappa shape index (κ1) is 12.5. The van der Waals surface area contributed by atoms with E-state index in [0.29, 0.717) is 12.8 Å². The Morgan fingerprint density at radius 3 is 2.31 bits per heavy atom. The monoisotopic (exact) mass is 224 g/mol. The lowest BCUT2D eigenvalue weighted by molar-refractivity contribution is -0.168. The third kappa shape index (κ3) is 2.01. The van der Waals surface area contributed by atoms with Gasteiger partial charge in [0, 0.05) is 0 Å². The van der Waals surface area contributed by atoms with Crippen molar-refractivity contribution in [2.24, 2.45) is 5.41 Å². The van der Waals surface area contributed by atoms with Gasteiger partial charge in [0.15, 0.2) is 5.41 Å². The van der Waals surface area contributed by atoms with Crippen molar-refractivity contribution in [1.82, 2.24) is 0 Å². The number of carbonyl (C=O) groups excluding carboxylic acids is 2. The molecule has 0 saturated carbocycles. The Hall–Kier alpha value is -1.58. The number of ether oxygens (including phenoxy) is 2. The maximum Gasteiger partial charge on any atom is 0.323 e. The quantitative estimate of drug-likeness (QED) is 0.540. The summed E-state index contributed by atoms with van der Waals surface area (Å²) >= 11 is 0. The molecular formula is C12H16O4. The Kier molecular flexibility index (Phi) is 3.88. The summed E-state index contributed by atoms with van der Waals surface area (Å²) in [5.41, 5.74) is -0.225. The Balaban J connectivity index is 2.95. The topological polar surface area (TPSA) is 52.6 Å². The van der Waals surface area contributed by atoms with Gasteiger partial charge in [0.2, 0.25) is 0 Å². The van der Waals surface area contributed by atoms with Crippen LogP contribution in [0, 0.1) is 5.41 Å². The summed E-state index contributed by atoms with van der Waals surface area (Å²) in [7, 11) is 2.56. The Labute approximate surface area is 94.9 Å². The number of esters is 2. The highest BCUT2D eigenvalue weighted by molar-refractivity contribution is 6.01. The molecule has 0 saturated heterocycles. The minimum absolute atomic E-state index is 0.339. The van der Waals surface area contributed by atoms with Crippen molar-refractivity contribution < 1.29 is 19.1 Å². The van der Waals surface area contributed by atoms with E-state index in [9.17, 15) is 9.59 Å². The zero-order valence-electron chi connectivity index (χ0n) is 9.78. The molecule has 16 heavy (non-hydrogen) atoms. The number of rotatable bonds is 3. The van der Waals surface area contributed by atoms with Crippen LogP contribution >= 0.6 is 0 Å². The summed E-state index contributed by atoms with van der Waals surface area (Å²) in [6.07, 6.45) is 6.31. The molecule has 4 heteroatoms. The van der Waals surface area contributed by atoms with E-state index in [-0.39, 0.29) is 0 Å². The van der Waals surface area contributed by atoms with Crippen molar-refractivity contribution in [2.45, 2.75) is 19.8 Å². The second-order valence-electron chi connectivity index (χ2n) is 3.73. The van der Waals surface area contributed by atoms with Crippen molar-refractivity contribution in [1.29, 1.82) is 0 Å². The average Bonchev–Trinajstić information content (AvgIpc) is 2.73. The van der Waals surface area contributed by atoms with E-state index in [4.69, 9.17) is 0 Å². The zero-order chi connectivity index (χ0) is 12.2. The van der Waals surface area contributed by atoms with Gasteiger partial charge in [0.05, 0.1) is 14.2 Å². The minimum Gasteiger partial charge on any atom is -0.468 e. The normalized spacial score (nSPS) is 18.3. The van der Waals surface area contributed by atoms with E-state index in [1.54, 1.807) is 0 Å². The van der Waals surface area contributed by atoms with Crippen molar-refractivity contribution in [3.63, 3.8) is 0 Å². The molecule has 0 aliphatic heterocycles. The number of methoxy groups -OCH3 is 2. The van der Waals surface area contributed by atoms with Crippen LogP contribution in [0.2, 0.25) is 0 Å². The fraction of sp³-hybridized carbons (Fsp3) is 0.500. The molecule has 1 aliphatic carbocycles. The van der Waals surface area contributed by atoms with Crippen LogP contribution in [0.1, 0.15) is 19.8 Å². The third-order valence-corrected chi connectivity index (χ3v) is 2.75. The Morgan fingerprint density at radius 2 is 1.88 bits per heavy atom. The summed E-state index contributed by atoms with van der Waals surface area (Å²) < 4.78 is 9.38. The van der Waals surface area contributed by atoms with Gasteiger partial charge in [0.25, 0.3) is 0 Å². The summed E-state index contributed by atoms with van der Waals surface area (Å²) in [5.74, 6) is -1.06. The second kappa shape index (κ2) is 4.96. The standard InChI is InChI=1S/C12H16O4/c1-4-5-9-6-7-12(8-9,10(13)15-2)11(14)16-3/h4-6H,7-8H2,1-3H3/b5-4+. The molecule has 0 bridgehead atoms. The lowest BCUT2D eigenvalue weighted by Gasteiger charge is -2.22. The molecule has 0 aromatic carbocycles. The Bertz CT molecular complexity index is 336. The molecule has 0 fully saturated rings. The molecule has 0 atom stereocenters. The van der Waals surface area contributed by atoms with Gasteiger partial charge in [0.1, 0.15) is 0 Å². The van der Waals surface area contributed by atoms with Gasteiger partial charge in [-0.15, -0.1) is 0 Å². The van der Waals surface area contributed by atoms with Gasteiger partial charge in [-0.2, -0.15) is 0 Å². The SMILES string of the molecule is C/C=C/C1=CCC(C(=O)OC)(C(=O)OC)C1. The molecule has 0 heterocycles. The molecular weight excluding hydrogens is 208 g/mol. The van der Waals surface area contributed by atoms with Crippen LogP contribution in [-0.4, -0.2) is 26.2 Å². The maximum absolute atomic E-state index is 11.7. The van der Waals surface area contributed by atoms with E-state index in [0.717, 1.165) is 5.57 Å². The van der Waals surface area contributed by atoms with Crippen LogP contribution in [0.15, 0.2) is 23.8 Å². The molecule has 4 nitrogen and oxygen atoms in total. The summed E-state index contributed by atoms with van der Waals surface area (Å²) in [6.45, 7) is 1.89. The third-order valence-electron chi connectivity index (χ3n) is 2.75. The van der Waals surface area contributed by atoms with Gasteiger partial charge in [-0.3, -0.25) is 9.59 Å². The highest BCUT2D eigenvalue weighted by Gasteiger charge is 2.50. The number of allylic oxidation sites excluding steroid dienone is 4. The first-order chi connectivity index (χ1) is 7.60. The van der Waals surface area contributed by atoms with Crippen molar-refractivity contribution in [3.8, 4) is 0 Å². The molecule has 0 N–H and O–H groups in total. The maximum atomic E-state index is 11.7. The van der Waals surface area contributed by atoms with E-state index in [2.05, 4.69) is 9.47 Å². The molecule has 88 valence electrons. The highest BCUT2D eigenvalue weighted by atomic mass is 16.5. The largest absolute Gasteiger partial charge is 0.468 e. The van der Waals surface area contributed by atoms with E-state index < -0.39 is 17.4 Å². The molecule has 0 radical (unpaired) electrons. The second-order valence-corrected chi connectivity index (χ2v) is 3.73. The molecule has 0 aromatic heterocycles. The van der Waals surface area contributed by atoms with Crippen molar-refractivity contribution in [2.75, 3.05) is 14.2 Å². The molecule has 0 spiro atoms. The van der Waals surface area contributed by atoms with E-state index >= 15 is 0 Å². The molecule has 1 aliphatic rings. The number of carbonyl (C=O) groups is 2. The fourth-order valence-corrected chi connectivity index (χ4v) is 1.92. The molecule has 1 rings (SSSR count). The molecule has 0 aromatic rings. The minimum atomic E-state index is -1.18. The average molecular weight is 224 g/mol. The molecule has 0 unspecified atom stereocenters. The lowest BCUT2D eigenvalue weighted by Crippen LogP contribution is -2.39. The fourth-order valence-electron chi connectivity index (χ4n) is 1.92. The summed E-state index contributed by atoms with van der Waals surface area (Å²) in [4.78, 5) is 23.4. The van der Waals surface area contributed by atoms with Crippen molar-refractivity contribution >= 4 is 11.9 Å². The van der Waals surface area contributed by atoms with Gasteiger partial charge in [-0.1, -0.05) is 23.8 Å². The summed E-state index contributed by atoms with van der Waals surface area (Å²) in [5, 5.41) is 0. The van der Waals surface area contributed by atoms with Crippen LogP contribution in [-0.2, 0) is 19.1 Å². The first-order valence-corrected chi connectivity index (χ1v) is 5.09. The van der Waals surface area contributed by atoms with Gasteiger partial charge in [-0.05, 0) is 19.8 Å². The predicted molar refractivity (Wildman–Crippen MR) is 58.6 cm³/mol. The van der Waals surface area contributed by atoms with Crippen LogP contribution in [0.5, 0.6) is 0 Å². The first-order valence-electron chi connectivity index (χ1n) is 5.09. The van der Waals surface area contributed by atoms with Gasteiger partial charge in [-0.25, -0.2) is 0 Å². The number of hydrogen-bond acceptors (Lipinski definition) is 4. The van der Waals surface area contributed by atoms with Crippen molar-refractivity contribution in [3.05, 3.63) is 23.8 Å². The van der Waals surface area contributed by atoms with Gasteiger partial charge < -0.3 is 9.47 Å². The Morgan fingerprint density at radius 1 is 1.31 bits per heavy atom. The van der Waals surface area contributed by atoms with E-state index in [1.807, 2.05) is 25.2 Å². The van der Waals surface area contributed by atoms with Crippen LogP contribution in [0.4, 0.5) is 0 Å². The van der Waals surface area contributed by atoms with Gasteiger partial charge >= 0.3 is 11.9 Å². The van der Waals surface area contributed by atoms with E-state index in [1.165, 1.54) is 14.2 Å². The zero-order valence-corrected chi connectivity index (χ0v) is 9.78. The molecule has 0 amide bonds. The van der Waals surface area contributed by atoms with Crippen LogP contribution in [0.25, 0.3) is 0 Å². The van der Waals surface area contributed by atoms with Crippen LogP contribution in [0.3, 0.4) is 0 Å². The predicted octanol–water partition coefficient (Wildman–Crippen LogP) is 1.62. The number of hydrogen-bond donors (Lipinski definition) is 0. The highest BCUT2D eigenvalue weighted by Crippen LogP contribution is 2.40.